The lowest BCUT2D eigenvalue weighted by Crippen LogP contribution is -2.47. The first-order valence-electron chi connectivity index (χ1n) is 9.08. The van der Waals surface area contributed by atoms with Gasteiger partial charge in [-0.2, -0.15) is 5.26 Å². The summed E-state index contributed by atoms with van der Waals surface area (Å²) in [5.74, 6) is 0. The van der Waals surface area contributed by atoms with Crippen LogP contribution in [0.3, 0.4) is 0 Å². The minimum atomic E-state index is 0.177. The maximum absolute atomic E-state index is 9.36. The number of rotatable bonds is 3. The van der Waals surface area contributed by atoms with Gasteiger partial charge >= 0.3 is 0 Å². The Balaban J connectivity index is 1.58. The Bertz CT molecular complexity index is 810. The van der Waals surface area contributed by atoms with E-state index in [4.69, 9.17) is 4.74 Å². The largest absolute Gasteiger partial charge is 0.376 e. The predicted octanol–water partition coefficient (Wildman–Crippen LogP) is 3.78. The van der Waals surface area contributed by atoms with Gasteiger partial charge in [0, 0.05) is 18.6 Å². The standard InChI is InChI=1S/C22H24N2O/c1-25-21-20-9-5-4-7-17(20)13-22(21)10-11-24-19(14-22)12-16-6-2-3-8-18(16)15-23/h2-9,19,21,24H,10-14H2,1H3/t19-,21+,22?/m1/s1. The van der Waals surface area contributed by atoms with Crippen molar-refractivity contribution in [3.8, 4) is 6.07 Å². The Labute approximate surface area is 149 Å². The third kappa shape index (κ3) is 2.86. The van der Waals surface area contributed by atoms with E-state index in [2.05, 4.69) is 41.7 Å². The number of nitriles is 1. The molecule has 1 heterocycles. The van der Waals surface area contributed by atoms with E-state index in [-0.39, 0.29) is 11.5 Å². The summed E-state index contributed by atoms with van der Waals surface area (Å²) in [6.45, 7) is 1.01. The van der Waals surface area contributed by atoms with Crippen LogP contribution in [0.4, 0.5) is 0 Å². The molecule has 128 valence electrons. The van der Waals surface area contributed by atoms with Crippen LogP contribution in [0.1, 0.15) is 41.2 Å². The molecule has 2 aromatic carbocycles. The molecule has 1 spiro atoms. The Morgan fingerprint density at radius 3 is 2.84 bits per heavy atom. The van der Waals surface area contributed by atoms with Crippen LogP contribution in [0.25, 0.3) is 0 Å². The molecule has 0 amide bonds. The molecular formula is C22H24N2O. The number of nitrogens with one attached hydrogen (secondary N) is 1. The summed E-state index contributed by atoms with van der Waals surface area (Å²) in [5, 5.41) is 13.0. The van der Waals surface area contributed by atoms with Crippen LogP contribution in [0.2, 0.25) is 0 Å². The second-order valence-electron chi connectivity index (χ2n) is 7.43. The Morgan fingerprint density at radius 1 is 1.20 bits per heavy atom. The molecule has 0 saturated carbocycles. The van der Waals surface area contributed by atoms with E-state index in [9.17, 15) is 5.26 Å². The van der Waals surface area contributed by atoms with Gasteiger partial charge in [-0.1, -0.05) is 42.5 Å². The Kier molecular flexibility index (Phi) is 4.33. The zero-order valence-corrected chi connectivity index (χ0v) is 14.7. The van der Waals surface area contributed by atoms with Crippen molar-refractivity contribution in [1.82, 2.24) is 5.32 Å². The summed E-state index contributed by atoms with van der Waals surface area (Å²) < 4.78 is 5.99. The number of methoxy groups -OCH3 is 1. The predicted molar refractivity (Wildman–Crippen MR) is 98.2 cm³/mol. The number of hydrogen-bond donors (Lipinski definition) is 1. The van der Waals surface area contributed by atoms with E-state index in [0.29, 0.717) is 6.04 Å². The van der Waals surface area contributed by atoms with Crippen molar-refractivity contribution < 1.29 is 4.74 Å². The van der Waals surface area contributed by atoms with Gasteiger partial charge in [-0.05, 0) is 55.0 Å². The fourth-order valence-corrected chi connectivity index (χ4v) is 4.94. The SMILES string of the molecule is CO[C@H]1c2ccccc2CC12CCN[C@H](Cc1ccccc1C#N)C2. The molecule has 4 rings (SSSR count). The maximum Gasteiger partial charge on any atom is 0.0994 e. The van der Waals surface area contributed by atoms with Crippen molar-refractivity contribution in [2.45, 2.75) is 37.8 Å². The van der Waals surface area contributed by atoms with Crippen LogP contribution < -0.4 is 5.32 Å². The highest BCUT2D eigenvalue weighted by Crippen LogP contribution is 2.53. The van der Waals surface area contributed by atoms with E-state index >= 15 is 0 Å². The van der Waals surface area contributed by atoms with Gasteiger partial charge in [0.25, 0.3) is 0 Å². The second kappa shape index (κ2) is 6.63. The molecule has 2 aromatic rings. The first-order valence-corrected chi connectivity index (χ1v) is 9.08. The summed E-state index contributed by atoms with van der Waals surface area (Å²) in [6.07, 6.45) is 4.40. The van der Waals surface area contributed by atoms with Crippen molar-refractivity contribution in [2.24, 2.45) is 5.41 Å². The molecule has 25 heavy (non-hydrogen) atoms. The smallest absolute Gasteiger partial charge is 0.0994 e. The number of benzene rings is 2. The van der Waals surface area contributed by atoms with Crippen molar-refractivity contribution in [1.29, 1.82) is 5.26 Å². The molecule has 0 aromatic heterocycles. The highest BCUT2D eigenvalue weighted by atomic mass is 16.5. The lowest BCUT2D eigenvalue weighted by atomic mass is 9.71. The fraction of sp³-hybridized carbons (Fsp3) is 0.409. The molecule has 1 aliphatic carbocycles. The van der Waals surface area contributed by atoms with Gasteiger partial charge in [0.05, 0.1) is 17.7 Å². The molecule has 0 radical (unpaired) electrons. The maximum atomic E-state index is 9.36. The van der Waals surface area contributed by atoms with Crippen molar-refractivity contribution in [3.63, 3.8) is 0 Å². The number of fused-ring (bicyclic) bond motifs is 1. The molecule has 1 aliphatic heterocycles. The van der Waals surface area contributed by atoms with E-state index < -0.39 is 0 Å². The Morgan fingerprint density at radius 2 is 2.00 bits per heavy atom. The fourth-order valence-electron chi connectivity index (χ4n) is 4.94. The molecule has 1 fully saturated rings. The van der Waals surface area contributed by atoms with Crippen molar-refractivity contribution >= 4 is 0 Å². The first-order chi connectivity index (χ1) is 12.3. The van der Waals surface area contributed by atoms with Crippen molar-refractivity contribution in [2.75, 3.05) is 13.7 Å². The summed E-state index contributed by atoms with van der Waals surface area (Å²) in [7, 11) is 1.84. The normalized spacial score (nSPS) is 27.8. The van der Waals surface area contributed by atoms with E-state index in [1.54, 1.807) is 0 Å². The van der Waals surface area contributed by atoms with Gasteiger partial charge in [0.2, 0.25) is 0 Å². The highest BCUT2D eigenvalue weighted by molar-refractivity contribution is 5.39. The molecule has 1 unspecified atom stereocenters. The average Bonchev–Trinajstić information content (AvgIpc) is 2.94. The minimum absolute atomic E-state index is 0.177. The molecule has 3 heteroatoms. The van der Waals surface area contributed by atoms with Crippen molar-refractivity contribution in [3.05, 3.63) is 70.8 Å². The van der Waals surface area contributed by atoms with Crippen LogP contribution >= 0.6 is 0 Å². The summed E-state index contributed by atoms with van der Waals surface area (Å²) in [5.41, 5.74) is 4.91. The molecule has 1 saturated heterocycles. The minimum Gasteiger partial charge on any atom is -0.376 e. The molecular weight excluding hydrogens is 308 g/mol. The molecule has 0 bridgehead atoms. The van der Waals surface area contributed by atoms with Crippen LogP contribution in [0.15, 0.2) is 48.5 Å². The van der Waals surface area contributed by atoms with Gasteiger partial charge in [-0.15, -0.1) is 0 Å². The van der Waals surface area contributed by atoms with E-state index in [0.717, 1.165) is 43.4 Å². The summed E-state index contributed by atoms with van der Waals surface area (Å²) >= 11 is 0. The third-order valence-corrected chi connectivity index (χ3v) is 5.98. The van der Waals surface area contributed by atoms with Gasteiger partial charge in [-0.25, -0.2) is 0 Å². The van der Waals surface area contributed by atoms with Crippen LogP contribution in [0.5, 0.6) is 0 Å². The van der Waals surface area contributed by atoms with Gasteiger partial charge in [0.15, 0.2) is 0 Å². The van der Waals surface area contributed by atoms with E-state index in [1.165, 1.54) is 11.1 Å². The van der Waals surface area contributed by atoms with Gasteiger partial charge < -0.3 is 10.1 Å². The van der Waals surface area contributed by atoms with Gasteiger partial charge in [0.1, 0.15) is 0 Å². The Hall–Kier alpha value is -2.15. The molecule has 3 atom stereocenters. The van der Waals surface area contributed by atoms with Crippen LogP contribution in [-0.2, 0) is 17.6 Å². The highest BCUT2D eigenvalue weighted by Gasteiger charge is 2.48. The van der Waals surface area contributed by atoms with Crippen LogP contribution in [-0.4, -0.2) is 19.7 Å². The quantitative estimate of drug-likeness (QED) is 0.930. The number of piperidine rings is 1. The number of ether oxygens (including phenoxy) is 1. The molecule has 2 aliphatic rings. The zero-order chi connectivity index (χ0) is 17.3. The topological polar surface area (TPSA) is 45.0 Å². The average molecular weight is 332 g/mol. The zero-order valence-electron chi connectivity index (χ0n) is 14.7. The monoisotopic (exact) mass is 332 g/mol. The number of nitrogens with zero attached hydrogens (tertiary/aromatic N) is 1. The first kappa shape index (κ1) is 16.3. The lowest BCUT2D eigenvalue weighted by Gasteiger charge is -2.42. The van der Waals surface area contributed by atoms with Crippen LogP contribution in [0, 0.1) is 16.7 Å². The lowest BCUT2D eigenvalue weighted by molar-refractivity contribution is -0.0290. The van der Waals surface area contributed by atoms with Gasteiger partial charge in [-0.3, -0.25) is 0 Å². The summed E-state index contributed by atoms with van der Waals surface area (Å²) in [6, 6.07) is 19.4. The second-order valence-corrected chi connectivity index (χ2v) is 7.43. The third-order valence-electron chi connectivity index (χ3n) is 5.98. The molecule has 1 N–H and O–H groups in total. The summed E-state index contributed by atoms with van der Waals surface area (Å²) in [4.78, 5) is 0. The van der Waals surface area contributed by atoms with E-state index in [1.807, 2.05) is 25.3 Å². The molecule has 3 nitrogen and oxygen atoms in total. The number of hydrogen-bond acceptors (Lipinski definition) is 3.